The Morgan fingerprint density at radius 1 is 1.07 bits per heavy atom. The standard InChI is InChI=1S/C22H27N3O3S/c1-24(12-11-16-9-10-18(27-3)19(13-16)28-4)15-22(26)25(2)14-21-23-17-7-5-6-8-20(17)29-21/h5-10,13H,11-12,14-15H2,1-4H3. The number of rotatable bonds is 9. The number of fused-ring (bicyclic) bond motifs is 1. The third-order valence-corrected chi connectivity index (χ3v) is 5.79. The molecule has 6 nitrogen and oxygen atoms in total. The molecule has 0 aliphatic heterocycles. The van der Waals surface area contributed by atoms with Crippen LogP contribution in [0.4, 0.5) is 0 Å². The summed E-state index contributed by atoms with van der Waals surface area (Å²) in [6.07, 6.45) is 0.825. The zero-order valence-electron chi connectivity index (χ0n) is 17.3. The highest BCUT2D eigenvalue weighted by Gasteiger charge is 2.14. The SMILES string of the molecule is COc1ccc(CCN(C)CC(=O)N(C)Cc2nc3ccccc3s2)cc1OC. The lowest BCUT2D eigenvalue weighted by atomic mass is 10.1. The molecule has 0 N–H and O–H groups in total. The molecular formula is C22H27N3O3S. The first-order valence-electron chi connectivity index (χ1n) is 9.48. The van der Waals surface area contributed by atoms with Crippen molar-refractivity contribution in [2.24, 2.45) is 0 Å². The average molecular weight is 414 g/mol. The highest BCUT2D eigenvalue weighted by atomic mass is 32.1. The molecule has 154 valence electrons. The minimum atomic E-state index is 0.0825. The summed E-state index contributed by atoms with van der Waals surface area (Å²) < 4.78 is 11.8. The van der Waals surface area contributed by atoms with Crippen LogP contribution in [0.3, 0.4) is 0 Å². The molecule has 1 amide bonds. The molecular weight excluding hydrogens is 386 g/mol. The van der Waals surface area contributed by atoms with Crippen molar-refractivity contribution in [1.82, 2.24) is 14.8 Å². The van der Waals surface area contributed by atoms with Gasteiger partial charge in [-0.2, -0.15) is 0 Å². The van der Waals surface area contributed by atoms with Gasteiger partial charge in [-0.25, -0.2) is 4.98 Å². The Bertz CT molecular complexity index is 940. The number of methoxy groups -OCH3 is 2. The van der Waals surface area contributed by atoms with E-state index in [2.05, 4.69) is 11.1 Å². The fraction of sp³-hybridized carbons (Fsp3) is 0.364. The van der Waals surface area contributed by atoms with E-state index in [-0.39, 0.29) is 5.91 Å². The maximum Gasteiger partial charge on any atom is 0.236 e. The molecule has 2 aromatic carbocycles. The van der Waals surface area contributed by atoms with Gasteiger partial charge >= 0.3 is 0 Å². The number of benzene rings is 2. The number of carbonyl (C=O) groups excluding carboxylic acids is 1. The summed E-state index contributed by atoms with van der Waals surface area (Å²) >= 11 is 1.64. The first kappa shape index (κ1) is 21.1. The van der Waals surface area contributed by atoms with Gasteiger partial charge in [0.1, 0.15) is 5.01 Å². The van der Waals surface area contributed by atoms with E-state index in [1.54, 1.807) is 30.5 Å². The number of thiazole rings is 1. The van der Waals surface area contributed by atoms with Crippen molar-refractivity contribution in [3.8, 4) is 11.5 Å². The smallest absolute Gasteiger partial charge is 0.236 e. The number of hydrogen-bond donors (Lipinski definition) is 0. The van der Waals surface area contributed by atoms with Crippen LogP contribution in [-0.4, -0.2) is 62.1 Å². The van der Waals surface area contributed by atoms with Gasteiger partial charge < -0.3 is 14.4 Å². The highest BCUT2D eigenvalue weighted by Crippen LogP contribution is 2.27. The van der Waals surface area contributed by atoms with Gasteiger partial charge in [0.05, 0.1) is 37.5 Å². The van der Waals surface area contributed by atoms with Crippen molar-refractivity contribution >= 4 is 27.5 Å². The van der Waals surface area contributed by atoms with Gasteiger partial charge in [0.25, 0.3) is 0 Å². The normalized spacial score (nSPS) is 11.1. The Morgan fingerprint density at radius 2 is 1.83 bits per heavy atom. The average Bonchev–Trinajstić information content (AvgIpc) is 3.14. The van der Waals surface area contributed by atoms with Crippen molar-refractivity contribution in [1.29, 1.82) is 0 Å². The monoisotopic (exact) mass is 413 g/mol. The van der Waals surface area contributed by atoms with E-state index in [0.717, 1.165) is 45.3 Å². The van der Waals surface area contributed by atoms with Crippen LogP contribution in [-0.2, 0) is 17.8 Å². The zero-order chi connectivity index (χ0) is 20.8. The highest BCUT2D eigenvalue weighted by molar-refractivity contribution is 7.18. The van der Waals surface area contributed by atoms with Crippen LogP contribution in [0, 0.1) is 0 Å². The first-order valence-corrected chi connectivity index (χ1v) is 10.3. The van der Waals surface area contributed by atoms with E-state index in [9.17, 15) is 4.79 Å². The zero-order valence-corrected chi connectivity index (χ0v) is 18.2. The molecule has 0 aliphatic carbocycles. The second-order valence-electron chi connectivity index (χ2n) is 7.00. The molecule has 0 bridgehead atoms. The Morgan fingerprint density at radius 3 is 2.55 bits per heavy atom. The Labute approximate surface area is 175 Å². The molecule has 3 aromatic rings. The summed E-state index contributed by atoms with van der Waals surface area (Å²) in [5, 5.41) is 0.954. The lowest BCUT2D eigenvalue weighted by molar-refractivity contribution is -0.131. The number of amides is 1. The fourth-order valence-corrected chi connectivity index (χ4v) is 4.09. The summed E-state index contributed by atoms with van der Waals surface area (Å²) in [5.74, 6) is 1.52. The minimum absolute atomic E-state index is 0.0825. The predicted molar refractivity (Wildman–Crippen MR) is 117 cm³/mol. The van der Waals surface area contributed by atoms with Crippen molar-refractivity contribution < 1.29 is 14.3 Å². The first-order chi connectivity index (χ1) is 14.0. The van der Waals surface area contributed by atoms with Crippen molar-refractivity contribution in [2.75, 3.05) is 41.4 Å². The van der Waals surface area contributed by atoms with E-state index in [1.807, 2.05) is 55.4 Å². The van der Waals surface area contributed by atoms with Crippen molar-refractivity contribution in [3.63, 3.8) is 0 Å². The molecule has 1 aromatic heterocycles. The van der Waals surface area contributed by atoms with Crippen LogP contribution < -0.4 is 9.47 Å². The topological polar surface area (TPSA) is 54.9 Å². The lowest BCUT2D eigenvalue weighted by Crippen LogP contribution is -2.37. The third kappa shape index (κ3) is 5.46. The van der Waals surface area contributed by atoms with Crippen LogP contribution in [0.2, 0.25) is 0 Å². The molecule has 0 unspecified atom stereocenters. The molecule has 29 heavy (non-hydrogen) atoms. The molecule has 0 spiro atoms. The number of aromatic nitrogens is 1. The summed E-state index contributed by atoms with van der Waals surface area (Å²) in [5.41, 5.74) is 2.13. The summed E-state index contributed by atoms with van der Waals surface area (Å²) in [6, 6.07) is 14.0. The summed E-state index contributed by atoms with van der Waals surface area (Å²) in [6.45, 7) is 1.67. The third-order valence-electron chi connectivity index (χ3n) is 4.77. The van der Waals surface area contributed by atoms with E-state index < -0.39 is 0 Å². The van der Waals surface area contributed by atoms with Gasteiger partial charge in [0.15, 0.2) is 11.5 Å². The van der Waals surface area contributed by atoms with Gasteiger partial charge in [0.2, 0.25) is 5.91 Å². The van der Waals surface area contributed by atoms with Gasteiger partial charge in [0, 0.05) is 13.6 Å². The van der Waals surface area contributed by atoms with Crippen LogP contribution in [0.1, 0.15) is 10.6 Å². The van der Waals surface area contributed by atoms with Crippen molar-refractivity contribution in [3.05, 3.63) is 53.0 Å². The molecule has 7 heteroatoms. The fourth-order valence-electron chi connectivity index (χ4n) is 3.07. The second kappa shape index (κ2) is 9.71. The molecule has 0 radical (unpaired) electrons. The molecule has 3 rings (SSSR count). The predicted octanol–water partition coefficient (Wildman–Crippen LogP) is 3.45. The van der Waals surface area contributed by atoms with E-state index in [4.69, 9.17) is 9.47 Å². The van der Waals surface area contributed by atoms with Gasteiger partial charge in [-0.15, -0.1) is 11.3 Å². The van der Waals surface area contributed by atoms with Crippen LogP contribution in [0.15, 0.2) is 42.5 Å². The Kier molecular flexibility index (Phi) is 7.06. The summed E-state index contributed by atoms with van der Waals surface area (Å²) in [4.78, 5) is 21.0. The molecule has 0 fully saturated rings. The van der Waals surface area contributed by atoms with E-state index >= 15 is 0 Å². The van der Waals surface area contributed by atoms with Crippen LogP contribution in [0.25, 0.3) is 10.2 Å². The minimum Gasteiger partial charge on any atom is -0.493 e. The summed E-state index contributed by atoms with van der Waals surface area (Å²) in [7, 11) is 7.05. The molecule has 0 saturated carbocycles. The van der Waals surface area contributed by atoms with Crippen molar-refractivity contribution in [2.45, 2.75) is 13.0 Å². The Balaban J connectivity index is 1.50. The molecule has 0 aliphatic rings. The van der Waals surface area contributed by atoms with Crippen LogP contribution >= 0.6 is 11.3 Å². The van der Waals surface area contributed by atoms with Crippen LogP contribution in [0.5, 0.6) is 11.5 Å². The molecule has 0 saturated heterocycles. The lowest BCUT2D eigenvalue weighted by Gasteiger charge is -2.21. The van der Waals surface area contributed by atoms with Gasteiger partial charge in [-0.1, -0.05) is 18.2 Å². The second-order valence-corrected chi connectivity index (χ2v) is 8.12. The quantitative estimate of drug-likeness (QED) is 0.538. The number of hydrogen-bond acceptors (Lipinski definition) is 6. The number of likely N-dealkylation sites (N-methyl/N-ethyl adjacent to an activating group) is 2. The number of carbonyl (C=O) groups is 1. The van der Waals surface area contributed by atoms with Gasteiger partial charge in [-0.3, -0.25) is 9.69 Å². The van der Waals surface area contributed by atoms with E-state index in [0.29, 0.717) is 13.1 Å². The van der Waals surface area contributed by atoms with Gasteiger partial charge in [-0.05, 0) is 43.3 Å². The maximum atomic E-state index is 12.6. The molecule has 0 atom stereocenters. The maximum absolute atomic E-state index is 12.6. The Hall–Kier alpha value is -2.64. The molecule has 1 heterocycles. The number of nitrogens with zero attached hydrogens (tertiary/aromatic N) is 3. The number of para-hydroxylation sites is 1. The number of ether oxygens (including phenoxy) is 2. The van der Waals surface area contributed by atoms with E-state index in [1.165, 1.54) is 0 Å². The largest absolute Gasteiger partial charge is 0.493 e.